The largest absolute Gasteiger partial charge is 0.493 e. The summed E-state index contributed by atoms with van der Waals surface area (Å²) in [5, 5.41) is 2.95. The summed E-state index contributed by atoms with van der Waals surface area (Å²) in [6, 6.07) is 13.5. The third-order valence-electron chi connectivity index (χ3n) is 4.15. The first kappa shape index (κ1) is 16.5. The summed E-state index contributed by atoms with van der Waals surface area (Å²) in [5.41, 5.74) is 1.55. The van der Waals surface area contributed by atoms with Crippen molar-refractivity contribution in [1.29, 1.82) is 0 Å². The second kappa shape index (κ2) is 7.47. The van der Waals surface area contributed by atoms with E-state index in [9.17, 15) is 9.18 Å². The number of rotatable bonds is 7. The average molecular weight is 327 g/mol. The highest BCUT2D eigenvalue weighted by Crippen LogP contribution is 2.30. The molecule has 1 saturated carbocycles. The van der Waals surface area contributed by atoms with Crippen LogP contribution in [0.4, 0.5) is 4.39 Å². The number of amides is 1. The fourth-order valence-electron chi connectivity index (χ4n) is 2.59. The van der Waals surface area contributed by atoms with Gasteiger partial charge in [0.15, 0.2) is 0 Å². The predicted molar refractivity (Wildman–Crippen MR) is 91.7 cm³/mol. The molecule has 2 aromatic rings. The molecule has 1 amide bonds. The molecule has 1 unspecified atom stereocenters. The van der Waals surface area contributed by atoms with Crippen LogP contribution in [0.25, 0.3) is 0 Å². The predicted octanol–water partition coefficient (Wildman–Crippen LogP) is 3.98. The molecule has 0 bridgehead atoms. The summed E-state index contributed by atoms with van der Waals surface area (Å²) in [4.78, 5) is 12.2. The van der Waals surface area contributed by atoms with Crippen LogP contribution in [-0.4, -0.2) is 18.6 Å². The quantitative estimate of drug-likeness (QED) is 0.835. The highest BCUT2D eigenvalue weighted by Gasteiger charge is 2.22. The van der Waals surface area contributed by atoms with Gasteiger partial charge in [0, 0.05) is 11.6 Å². The number of hydrogen-bond donors (Lipinski definition) is 1. The lowest BCUT2D eigenvalue weighted by Gasteiger charge is -2.17. The summed E-state index contributed by atoms with van der Waals surface area (Å²) >= 11 is 0. The van der Waals surface area contributed by atoms with Gasteiger partial charge in [0.25, 0.3) is 5.91 Å². The molecule has 1 fully saturated rings. The van der Waals surface area contributed by atoms with Crippen molar-refractivity contribution < 1.29 is 13.9 Å². The van der Waals surface area contributed by atoms with E-state index in [0.717, 1.165) is 17.9 Å². The van der Waals surface area contributed by atoms with Gasteiger partial charge >= 0.3 is 0 Å². The maximum Gasteiger partial charge on any atom is 0.251 e. The first-order valence-electron chi connectivity index (χ1n) is 8.39. The summed E-state index contributed by atoms with van der Waals surface area (Å²) in [7, 11) is 0. The van der Waals surface area contributed by atoms with Crippen molar-refractivity contribution in [3.8, 4) is 5.75 Å². The monoisotopic (exact) mass is 327 g/mol. The SMILES string of the molecule is CC(Cc1ccccc1OCC1CC1)NC(=O)c1ccc(F)cc1. The number of carbonyl (C=O) groups is 1. The highest BCUT2D eigenvalue weighted by atomic mass is 19.1. The van der Waals surface area contributed by atoms with Gasteiger partial charge in [-0.3, -0.25) is 4.79 Å². The third-order valence-corrected chi connectivity index (χ3v) is 4.15. The lowest BCUT2D eigenvalue weighted by Crippen LogP contribution is -2.34. The molecule has 2 aromatic carbocycles. The van der Waals surface area contributed by atoms with Crippen molar-refractivity contribution in [2.45, 2.75) is 32.2 Å². The average Bonchev–Trinajstić information content (AvgIpc) is 3.39. The first-order valence-corrected chi connectivity index (χ1v) is 8.39. The van der Waals surface area contributed by atoms with Crippen molar-refractivity contribution in [1.82, 2.24) is 5.32 Å². The molecule has 1 aliphatic carbocycles. The zero-order valence-corrected chi connectivity index (χ0v) is 13.8. The molecule has 0 spiro atoms. The van der Waals surface area contributed by atoms with E-state index in [1.807, 2.05) is 31.2 Å². The van der Waals surface area contributed by atoms with Crippen LogP contribution in [-0.2, 0) is 6.42 Å². The number of hydrogen-bond acceptors (Lipinski definition) is 2. The first-order chi connectivity index (χ1) is 11.6. The van der Waals surface area contributed by atoms with Gasteiger partial charge in [-0.15, -0.1) is 0 Å². The third kappa shape index (κ3) is 4.57. The molecule has 0 saturated heterocycles. The van der Waals surface area contributed by atoms with Crippen LogP contribution in [0.15, 0.2) is 48.5 Å². The Bertz CT molecular complexity index is 695. The lowest BCUT2D eigenvalue weighted by molar-refractivity contribution is 0.0940. The Morgan fingerprint density at radius 3 is 2.62 bits per heavy atom. The van der Waals surface area contributed by atoms with Crippen molar-refractivity contribution in [2.75, 3.05) is 6.61 Å². The van der Waals surface area contributed by atoms with Crippen molar-refractivity contribution in [3.63, 3.8) is 0 Å². The van der Waals surface area contributed by atoms with Gasteiger partial charge in [0.2, 0.25) is 0 Å². The standard InChI is InChI=1S/C20H22FNO2/c1-14(22-20(23)16-8-10-18(21)11-9-16)12-17-4-2-3-5-19(17)24-13-15-6-7-15/h2-5,8-11,14-15H,6-7,12-13H2,1H3,(H,22,23). The second-order valence-corrected chi connectivity index (χ2v) is 6.45. The Morgan fingerprint density at radius 2 is 1.92 bits per heavy atom. The Labute approximate surface area is 141 Å². The zero-order chi connectivity index (χ0) is 16.9. The number of nitrogens with one attached hydrogen (secondary N) is 1. The van der Waals surface area contributed by atoms with E-state index in [-0.39, 0.29) is 17.8 Å². The Morgan fingerprint density at radius 1 is 1.21 bits per heavy atom. The minimum Gasteiger partial charge on any atom is -0.493 e. The van der Waals surface area contributed by atoms with Crippen LogP contribution >= 0.6 is 0 Å². The van der Waals surface area contributed by atoms with Gasteiger partial charge in [-0.1, -0.05) is 18.2 Å². The molecule has 4 heteroatoms. The van der Waals surface area contributed by atoms with Crippen molar-refractivity contribution in [3.05, 3.63) is 65.5 Å². The van der Waals surface area contributed by atoms with E-state index in [4.69, 9.17) is 4.74 Å². The summed E-state index contributed by atoms with van der Waals surface area (Å²) in [6.07, 6.45) is 3.20. The fourth-order valence-corrected chi connectivity index (χ4v) is 2.59. The van der Waals surface area contributed by atoms with Gasteiger partial charge in [0.05, 0.1) is 6.61 Å². The minimum atomic E-state index is -0.346. The summed E-state index contributed by atoms with van der Waals surface area (Å²) in [6.45, 7) is 2.73. The van der Waals surface area contributed by atoms with E-state index in [2.05, 4.69) is 5.32 Å². The Kier molecular flexibility index (Phi) is 5.14. The van der Waals surface area contributed by atoms with E-state index in [1.54, 1.807) is 0 Å². The van der Waals surface area contributed by atoms with Crippen LogP contribution in [0, 0.1) is 11.7 Å². The molecule has 0 radical (unpaired) electrons. The molecule has 0 aromatic heterocycles. The highest BCUT2D eigenvalue weighted by molar-refractivity contribution is 5.94. The van der Waals surface area contributed by atoms with Crippen LogP contribution in [0.3, 0.4) is 0 Å². The maximum absolute atomic E-state index is 12.9. The molecule has 24 heavy (non-hydrogen) atoms. The Hall–Kier alpha value is -2.36. The molecule has 3 nitrogen and oxygen atoms in total. The minimum absolute atomic E-state index is 0.0479. The van der Waals surface area contributed by atoms with Gasteiger partial charge < -0.3 is 10.1 Å². The van der Waals surface area contributed by atoms with Gasteiger partial charge in [-0.25, -0.2) is 4.39 Å². The van der Waals surface area contributed by atoms with Crippen LogP contribution < -0.4 is 10.1 Å². The number of benzene rings is 2. The fraction of sp³-hybridized carbons (Fsp3) is 0.350. The lowest BCUT2D eigenvalue weighted by atomic mass is 10.1. The van der Waals surface area contributed by atoms with Crippen LogP contribution in [0.2, 0.25) is 0 Å². The molecule has 1 atom stereocenters. The van der Waals surface area contributed by atoms with Crippen molar-refractivity contribution in [2.24, 2.45) is 5.92 Å². The molecular weight excluding hydrogens is 305 g/mol. The molecule has 1 aliphatic rings. The van der Waals surface area contributed by atoms with E-state index >= 15 is 0 Å². The maximum atomic E-state index is 12.9. The van der Waals surface area contributed by atoms with E-state index in [0.29, 0.717) is 17.9 Å². The van der Waals surface area contributed by atoms with Gasteiger partial charge in [-0.2, -0.15) is 0 Å². The molecule has 126 valence electrons. The summed E-state index contributed by atoms with van der Waals surface area (Å²) in [5.74, 6) is 1.06. The van der Waals surface area contributed by atoms with Crippen molar-refractivity contribution >= 4 is 5.91 Å². The van der Waals surface area contributed by atoms with Crippen LogP contribution in [0.1, 0.15) is 35.7 Å². The summed E-state index contributed by atoms with van der Waals surface area (Å²) < 4.78 is 18.8. The molecular formula is C20H22FNO2. The number of para-hydroxylation sites is 1. The molecule has 0 aliphatic heterocycles. The zero-order valence-electron chi connectivity index (χ0n) is 13.8. The van der Waals surface area contributed by atoms with Gasteiger partial charge in [0.1, 0.15) is 11.6 Å². The Balaban J connectivity index is 1.58. The van der Waals surface area contributed by atoms with E-state index < -0.39 is 0 Å². The molecule has 3 rings (SSSR count). The van der Waals surface area contributed by atoms with Gasteiger partial charge in [-0.05, 0) is 68.0 Å². The van der Waals surface area contributed by atoms with E-state index in [1.165, 1.54) is 37.1 Å². The number of ether oxygens (including phenoxy) is 1. The second-order valence-electron chi connectivity index (χ2n) is 6.45. The number of carbonyl (C=O) groups excluding carboxylic acids is 1. The molecule has 1 N–H and O–H groups in total. The topological polar surface area (TPSA) is 38.3 Å². The van der Waals surface area contributed by atoms with Crippen LogP contribution in [0.5, 0.6) is 5.75 Å². The smallest absolute Gasteiger partial charge is 0.251 e. The number of halogens is 1. The molecule has 0 heterocycles. The normalized spacial score (nSPS) is 14.9.